The molecule has 0 aliphatic carbocycles. The van der Waals surface area contributed by atoms with Crippen molar-refractivity contribution in [3.63, 3.8) is 0 Å². The number of fused-ring (bicyclic) bond motifs is 1. The molecule has 1 amide bonds. The van der Waals surface area contributed by atoms with E-state index >= 15 is 0 Å². The van der Waals surface area contributed by atoms with Crippen LogP contribution in [-0.2, 0) is 6.18 Å². The lowest BCUT2D eigenvalue weighted by molar-refractivity contribution is -0.136. The molecule has 3 aromatic heterocycles. The minimum absolute atomic E-state index is 0.128. The molecule has 0 bridgehead atoms. The number of piperidine rings is 1. The maximum Gasteiger partial charge on any atom is 0.417 e. The van der Waals surface area contributed by atoms with E-state index in [0.717, 1.165) is 6.07 Å². The Hall–Kier alpha value is -3.17. The van der Waals surface area contributed by atoms with E-state index in [1.165, 1.54) is 13.1 Å². The quantitative estimate of drug-likeness (QED) is 0.607. The van der Waals surface area contributed by atoms with E-state index in [2.05, 4.69) is 15.1 Å². The SMILES string of the molecule is CCOc1ncccc1C(=O)N1CCC[C@@H](c2cc(C(F)(F)F)c3c(C)noc3n2)C1. The van der Waals surface area contributed by atoms with Gasteiger partial charge in [0.25, 0.3) is 11.6 Å². The highest BCUT2D eigenvalue weighted by Gasteiger charge is 2.37. The summed E-state index contributed by atoms with van der Waals surface area (Å²) in [6, 6.07) is 4.34. The second-order valence-corrected chi connectivity index (χ2v) is 7.42. The van der Waals surface area contributed by atoms with Crippen LogP contribution in [-0.4, -0.2) is 45.6 Å². The fourth-order valence-electron chi connectivity index (χ4n) is 3.93. The molecule has 164 valence electrons. The number of rotatable bonds is 4. The average molecular weight is 434 g/mol. The van der Waals surface area contributed by atoms with Crippen LogP contribution in [0.5, 0.6) is 5.88 Å². The molecule has 31 heavy (non-hydrogen) atoms. The first-order chi connectivity index (χ1) is 14.8. The first-order valence-corrected chi connectivity index (χ1v) is 10.0. The summed E-state index contributed by atoms with van der Waals surface area (Å²) in [6.45, 7) is 4.34. The van der Waals surface area contributed by atoms with Gasteiger partial charge in [-0.2, -0.15) is 13.2 Å². The molecule has 1 aliphatic heterocycles. The number of hydrogen-bond acceptors (Lipinski definition) is 6. The van der Waals surface area contributed by atoms with Crippen LogP contribution in [0.3, 0.4) is 0 Å². The van der Waals surface area contributed by atoms with Crippen LogP contribution < -0.4 is 4.74 Å². The van der Waals surface area contributed by atoms with Gasteiger partial charge in [0.2, 0.25) is 5.88 Å². The van der Waals surface area contributed by atoms with Crippen molar-refractivity contribution in [2.45, 2.75) is 38.8 Å². The highest BCUT2D eigenvalue weighted by atomic mass is 19.4. The van der Waals surface area contributed by atoms with Crippen molar-refractivity contribution in [2.75, 3.05) is 19.7 Å². The summed E-state index contributed by atoms with van der Waals surface area (Å²) in [4.78, 5) is 23.1. The van der Waals surface area contributed by atoms with E-state index in [1.807, 2.05) is 0 Å². The largest absolute Gasteiger partial charge is 0.477 e. The third-order valence-corrected chi connectivity index (χ3v) is 5.35. The van der Waals surface area contributed by atoms with Crippen molar-refractivity contribution in [3.8, 4) is 5.88 Å². The number of carbonyl (C=O) groups is 1. The molecular formula is C21H21F3N4O3. The minimum atomic E-state index is -4.57. The van der Waals surface area contributed by atoms with Crippen molar-refractivity contribution in [1.29, 1.82) is 0 Å². The van der Waals surface area contributed by atoms with E-state index in [4.69, 9.17) is 9.26 Å². The lowest BCUT2D eigenvalue weighted by Gasteiger charge is -2.33. The molecule has 3 aromatic rings. The zero-order valence-electron chi connectivity index (χ0n) is 17.1. The van der Waals surface area contributed by atoms with Crippen molar-refractivity contribution >= 4 is 17.0 Å². The molecule has 7 nitrogen and oxygen atoms in total. The molecule has 4 heterocycles. The second-order valence-electron chi connectivity index (χ2n) is 7.42. The summed E-state index contributed by atoms with van der Waals surface area (Å²) in [5.41, 5.74) is -0.251. The Bertz CT molecular complexity index is 1110. The number of aryl methyl sites for hydroxylation is 1. The Morgan fingerprint density at radius 3 is 2.94 bits per heavy atom. The predicted molar refractivity (Wildman–Crippen MR) is 105 cm³/mol. The zero-order valence-corrected chi connectivity index (χ0v) is 17.1. The predicted octanol–water partition coefficient (Wildman–Crippen LogP) is 4.36. The summed E-state index contributed by atoms with van der Waals surface area (Å²) in [5.74, 6) is -0.386. The average Bonchev–Trinajstić information content (AvgIpc) is 3.13. The summed E-state index contributed by atoms with van der Waals surface area (Å²) in [7, 11) is 0. The van der Waals surface area contributed by atoms with Crippen LogP contribution in [0.1, 0.15) is 53.0 Å². The normalized spacial score (nSPS) is 17.2. The smallest absolute Gasteiger partial charge is 0.417 e. The van der Waals surface area contributed by atoms with Gasteiger partial charge in [-0.3, -0.25) is 4.79 Å². The highest BCUT2D eigenvalue weighted by Crippen LogP contribution is 2.38. The molecule has 0 radical (unpaired) electrons. The third-order valence-electron chi connectivity index (χ3n) is 5.35. The van der Waals surface area contributed by atoms with Crippen molar-refractivity contribution < 1.29 is 27.2 Å². The van der Waals surface area contributed by atoms with E-state index in [9.17, 15) is 18.0 Å². The number of nitrogens with zero attached hydrogens (tertiary/aromatic N) is 4. The summed E-state index contributed by atoms with van der Waals surface area (Å²) >= 11 is 0. The minimum Gasteiger partial charge on any atom is -0.477 e. The van der Waals surface area contributed by atoms with Crippen LogP contribution in [0, 0.1) is 6.92 Å². The fourth-order valence-corrected chi connectivity index (χ4v) is 3.93. The number of hydrogen-bond donors (Lipinski definition) is 0. The first kappa shape index (κ1) is 21.1. The molecule has 0 unspecified atom stereocenters. The van der Waals surface area contributed by atoms with Gasteiger partial charge < -0.3 is 14.2 Å². The Labute approximate surface area is 176 Å². The van der Waals surface area contributed by atoms with E-state index in [-0.39, 0.29) is 46.7 Å². The van der Waals surface area contributed by atoms with E-state index in [1.54, 1.807) is 24.0 Å². The maximum atomic E-state index is 13.7. The van der Waals surface area contributed by atoms with Gasteiger partial charge in [-0.25, -0.2) is 9.97 Å². The van der Waals surface area contributed by atoms with Crippen LogP contribution >= 0.6 is 0 Å². The summed E-state index contributed by atoms with van der Waals surface area (Å²) in [5, 5.41) is 3.52. The zero-order chi connectivity index (χ0) is 22.2. The summed E-state index contributed by atoms with van der Waals surface area (Å²) in [6.07, 6.45) is -1.79. The second kappa shape index (κ2) is 8.16. The van der Waals surface area contributed by atoms with Crippen molar-refractivity contribution in [2.24, 2.45) is 0 Å². The molecule has 1 atom stereocenters. The number of ether oxygens (including phenoxy) is 1. The third kappa shape index (κ3) is 4.06. The molecular weight excluding hydrogens is 413 g/mol. The molecule has 0 aromatic carbocycles. The van der Waals surface area contributed by atoms with Gasteiger partial charge in [0.1, 0.15) is 5.56 Å². The molecule has 1 saturated heterocycles. The number of carbonyl (C=O) groups excluding carboxylic acids is 1. The van der Waals surface area contributed by atoms with E-state index < -0.39 is 11.7 Å². The Morgan fingerprint density at radius 1 is 1.39 bits per heavy atom. The van der Waals surface area contributed by atoms with Gasteiger partial charge in [0.05, 0.1) is 28.9 Å². The molecule has 0 spiro atoms. The number of pyridine rings is 2. The molecule has 0 N–H and O–H groups in total. The Morgan fingerprint density at radius 2 is 2.19 bits per heavy atom. The highest BCUT2D eigenvalue weighted by molar-refractivity contribution is 5.96. The number of alkyl halides is 3. The molecule has 10 heteroatoms. The molecule has 4 rings (SSSR count). The van der Waals surface area contributed by atoms with Crippen LogP contribution in [0.15, 0.2) is 28.9 Å². The van der Waals surface area contributed by atoms with Gasteiger partial charge in [-0.15, -0.1) is 0 Å². The van der Waals surface area contributed by atoms with Crippen LogP contribution in [0.2, 0.25) is 0 Å². The van der Waals surface area contributed by atoms with Gasteiger partial charge in [-0.05, 0) is 44.9 Å². The number of likely N-dealkylation sites (tertiary alicyclic amines) is 1. The number of halogens is 3. The van der Waals surface area contributed by atoms with Gasteiger partial charge in [-0.1, -0.05) is 5.16 Å². The molecule has 1 aliphatic rings. The Balaban J connectivity index is 1.65. The Kier molecular flexibility index (Phi) is 5.55. The summed E-state index contributed by atoms with van der Waals surface area (Å²) < 4.78 is 51.5. The van der Waals surface area contributed by atoms with Crippen LogP contribution in [0.25, 0.3) is 11.1 Å². The maximum absolute atomic E-state index is 13.7. The lowest BCUT2D eigenvalue weighted by atomic mass is 9.92. The van der Waals surface area contributed by atoms with Gasteiger partial charge in [0.15, 0.2) is 0 Å². The van der Waals surface area contributed by atoms with Crippen LogP contribution in [0.4, 0.5) is 13.2 Å². The number of aromatic nitrogens is 3. The lowest BCUT2D eigenvalue weighted by Crippen LogP contribution is -2.39. The standard InChI is InChI=1S/C21H21F3N4O3/c1-3-30-18-14(7-4-8-25-18)20(29)28-9-5-6-13(11-28)16-10-15(21(22,23)24)17-12(2)27-31-19(17)26-16/h4,7-8,10,13H,3,5-6,9,11H2,1-2H3/t13-/m1/s1. The van der Waals surface area contributed by atoms with Gasteiger partial charge in [0, 0.05) is 25.2 Å². The fraction of sp³-hybridized carbons (Fsp3) is 0.429. The first-order valence-electron chi connectivity index (χ1n) is 10.0. The van der Waals surface area contributed by atoms with Crippen molar-refractivity contribution in [3.05, 3.63) is 46.9 Å². The molecule has 0 saturated carbocycles. The van der Waals surface area contributed by atoms with Gasteiger partial charge >= 0.3 is 6.18 Å². The van der Waals surface area contributed by atoms with Crippen molar-refractivity contribution in [1.82, 2.24) is 20.0 Å². The topological polar surface area (TPSA) is 81.4 Å². The number of amides is 1. The monoisotopic (exact) mass is 434 g/mol. The molecule has 1 fully saturated rings. The van der Waals surface area contributed by atoms with E-state index in [0.29, 0.717) is 31.6 Å².